The topological polar surface area (TPSA) is 113 Å². The van der Waals surface area contributed by atoms with Crippen molar-refractivity contribution < 1.29 is 12.8 Å². The largest absolute Gasteiger partial charge is 0.371 e. The zero-order chi connectivity index (χ0) is 22.9. The zero-order valence-electron chi connectivity index (χ0n) is 17.9. The van der Waals surface area contributed by atoms with Crippen LogP contribution in [0.5, 0.6) is 0 Å². The van der Waals surface area contributed by atoms with Gasteiger partial charge in [0, 0.05) is 29.9 Å². The molecule has 32 heavy (non-hydrogen) atoms. The van der Waals surface area contributed by atoms with Crippen molar-refractivity contribution in [3.05, 3.63) is 59.5 Å². The van der Waals surface area contributed by atoms with E-state index in [1.165, 1.54) is 6.26 Å². The molecule has 0 saturated heterocycles. The number of sulfone groups is 1. The molecule has 0 bridgehead atoms. The van der Waals surface area contributed by atoms with Crippen LogP contribution in [0.2, 0.25) is 0 Å². The first-order valence-corrected chi connectivity index (χ1v) is 12.1. The van der Waals surface area contributed by atoms with Gasteiger partial charge < -0.3 is 10.6 Å². The summed E-state index contributed by atoms with van der Waals surface area (Å²) in [6, 6.07) is 12.4. The zero-order valence-corrected chi connectivity index (χ0v) is 18.7. The van der Waals surface area contributed by atoms with Crippen molar-refractivity contribution in [2.45, 2.75) is 19.1 Å². The van der Waals surface area contributed by atoms with Crippen molar-refractivity contribution in [1.82, 2.24) is 20.2 Å². The van der Waals surface area contributed by atoms with Crippen LogP contribution in [0, 0.1) is 5.82 Å². The molecule has 0 aliphatic carbocycles. The fraction of sp³-hybridized carbons (Fsp3) is 0.227. The van der Waals surface area contributed by atoms with Gasteiger partial charge in [0.15, 0.2) is 21.5 Å². The van der Waals surface area contributed by atoms with E-state index in [-0.39, 0.29) is 23.2 Å². The van der Waals surface area contributed by atoms with E-state index in [2.05, 4.69) is 30.8 Å². The highest BCUT2D eigenvalue weighted by atomic mass is 32.2. The molecule has 0 aliphatic rings. The first kappa shape index (κ1) is 21.7. The summed E-state index contributed by atoms with van der Waals surface area (Å²) < 4.78 is 38.3. The van der Waals surface area contributed by atoms with Gasteiger partial charge in [0.05, 0.1) is 17.0 Å². The normalized spacial score (nSPS) is 11.6. The standard InChI is InChI=1S/C22H23FN6O2S/c1-4-17-16-9-8-14(11-18(16)29-28-17)20-19(23)21(24-2)27-22(26-20)25-15-7-5-6-13(10-15)12-32(3,30)31/h5-11H,4,12H2,1-3H3,(H,28,29)(H2,24,25,26,27). The maximum Gasteiger partial charge on any atom is 0.229 e. The number of fused-ring (bicyclic) bond motifs is 1. The quantitative estimate of drug-likeness (QED) is 0.386. The van der Waals surface area contributed by atoms with E-state index in [1.54, 1.807) is 37.4 Å². The van der Waals surface area contributed by atoms with E-state index < -0.39 is 15.7 Å². The number of aromatic amines is 1. The molecular formula is C22H23FN6O2S. The Morgan fingerprint density at radius 1 is 1.12 bits per heavy atom. The molecule has 3 N–H and O–H groups in total. The van der Waals surface area contributed by atoms with Gasteiger partial charge in [-0.1, -0.05) is 31.2 Å². The van der Waals surface area contributed by atoms with Crippen molar-refractivity contribution in [3.8, 4) is 11.3 Å². The lowest BCUT2D eigenvalue weighted by atomic mass is 10.1. The minimum atomic E-state index is -3.17. The first-order chi connectivity index (χ1) is 15.3. The van der Waals surface area contributed by atoms with Crippen LogP contribution in [0.4, 0.5) is 21.8 Å². The maximum absolute atomic E-state index is 15.1. The summed E-state index contributed by atoms with van der Waals surface area (Å²) in [6.45, 7) is 2.02. The average molecular weight is 455 g/mol. The summed E-state index contributed by atoms with van der Waals surface area (Å²) in [4.78, 5) is 8.60. The van der Waals surface area contributed by atoms with Gasteiger partial charge in [-0.15, -0.1) is 0 Å². The highest BCUT2D eigenvalue weighted by Gasteiger charge is 2.17. The highest BCUT2D eigenvalue weighted by Crippen LogP contribution is 2.30. The second-order valence-corrected chi connectivity index (χ2v) is 9.63. The van der Waals surface area contributed by atoms with Crippen molar-refractivity contribution in [3.63, 3.8) is 0 Å². The van der Waals surface area contributed by atoms with Crippen LogP contribution in [0.1, 0.15) is 18.2 Å². The third-order valence-electron chi connectivity index (χ3n) is 4.95. The van der Waals surface area contributed by atoms with E-state index in [9.17, 15) is 8.42 Å². The van der Waals surface area contributed by atoms with E-state index in [0.29, 0.717) is 16.8 Å². The molecule has 8 nitrogen and oxygen atoms in total. The molecule has 0 atom stereocenters. The van der Waals surface area contributed by atoms with Crippen LogP contribution in [0.15, 0.2) is 42.5 Å². The lowest BCUT2D eigenvalue weighted by Gasteiger charge is -2.12. The summed E-state index contributed by atoms with van der Waals surface area (Å²) in [5, 5.41) is 14.1. The van der Waals surface area contributed by atoms with Crippen LogP contribution in [-0.4, -0.2) is 41.9 Å². The smallest absolute Gasteiger partial charge is 0.229 e. The molecule has 166 valence electrons. The monoisotopic (exact) mass is 454 g/mol. The second kappa shape index (κ2) is 8.54. The molecule has 10 heteroatoms. The predicted octanol–water partition coefficient (Wildman–Crippen LogP) is 4.05. The van der Waals surface area contributed by atoms with Crippen LogP contribution in [-0.2, 0) is 22.0 Å². The fourth-order valence-corrected chi connectivity index (χ4v) is 4.31. The molecule has 0 radical (unpaired) electrons. The van der Waals surface area contributed by atoms with Gasteiger partial charge in [-0.05, 0) is 30.2 Å². The van der Waals surface area contributed by atoms with E-state index in [4.69, 9.17) is 0 Å². The molecule has 4 rings (SSSR count). The maximum atomic E-state index is 15.1. The molecule has 2 heterocycles. The predicted molar refractivity (Wildman–Crippen MR) is 124 cm³/mol. The second-order valence-electron chi connectivity index (χ2n) is 7.49. The number of nitrogens with zero attached hydrogens (tertiary/aromatic N) is 3. The Morgan fingerprint density at radius 3 is 2.66 bits per heavy atom. The Hall–Kier alpha value is -3.53. The van der Waals surface area contributed by atoms with Crippen LogP contribution >= 0.6 is 0 Å². The number of H-pyrrole nitrogens is 1. The molecule has 0 aliphatic heterocycles. The number of halogens is 1. The third-order valence-corrected chi connectivity index (χ3v) is 5.81. The summed E-state index contributed by atoms with van der Waals surface area (Å²) in [7, 11) is -1.59. The van der Waals surface area contributed by atoms with Gasteiger partial charge in [0.1, 0.15) is 5.69 Å². The van der Waals surface area contributed by atoms with E-state index >= 15 is 4.39 Å². The Kier molecular flexibility index (Phi) is 5.79. The van der Waals surface area contributed by atoms with Crippen LogP contribution < -0.4 is 10.6 Å². The number of nitrogens with one attached hydrogen (secondary N) is 3. The highest BCUT2D eigenvalue weighted by molar-refractivity contribution is 7.89. The van der Waals surface area contributed by atoms with Crippen molar-refractivity contribution >= 4 is 38.2 Å². The molecule has 2 aromatic heterocycles. The number of aryl methyl sites for hydroxylation is 1. The number of benzene rings is 2. The lowest BCUT2D eigenvalue weighted by Crippen LogP contribution is -2.06. The van der Waals surface area contributed by atoms with Gasteiger partial charge >= 0.3 is 0 Å². The van der Waals surface area contributed by atoms with Gasteiger partial charge in [-0.3, -0.25) is 5.10 Å². The Morgan fingerprint density at radius 2 is 1.94 bits per heavy atom. The SMILES string of the molecule is CCc1n[nH]c2cc(-c3nc(Nc4cccc(CS(C)(=O)=O)c4)nc(NC)c3F)ccc12. The summed E-state index contributed by atoms with van der Waals surface area (Å²) in [6.07, 6.45) is 1.97. The number of anilines is 3. The number of hydrogen-bond acceptors (Lipinski definition) is 7. The Labute approximate surface area is 185 Å². The molecule has 2 aromatic carbocycles. The molecule has 0 fully saturated rings. The number of hydrogen-bond donors (Lipinski definition) is 3. The van der Waals surface area contributed by atoms with Crippen molar-refractivity contribution in [1.29, 1.82) is 0 Å². The molecule has 0 saturated carbocycles. The third kappa shape index (κ3) is 4.54. The van der Waals surface area contributed by atoms with Crippen molar-refractivity contribution in [2.24, 2.45) is 0 Å². The first-order valence-electron chi connectivity index (χ1n) is 10.0. The summed E-state index contributed by atoms with van der Waals surface area (Å²) in [5.74, 6) is -0.424. The van der Waals surface area contributed by atoms with Gasteiger partial charge in [0.25, 0.3) is 0 Å². The molecule has 0 amide bonds. The molecule has 0 unspecified atom stereocenters. The molecule has 4 aromatic rings. The Balaban J connectivity index is 1.73. The average Bonchev–Trinajstić information content (AvgIpc) is 3.16. The number of rotatable bonds is 7. The van der Waals surface area contributed by atoms with Crippen LogP contribution in [0.25, 0.3) is 22.2 Å². The minimum Gasteiger partial charge on any atom is -0.371 e. The van der Waals surface area contributed by atoms with Gasteiger partial charge in [-0.2, -0.15) is 10.1 Å². The summed E-state index contributed by atoms with van der Waals surface area (Å²) in [5.41, 5.74) is 3.68. The molecule has 0 spiro atoms. The van der Waals surface area contributed by atoms with E-state index in [0.717, 1.165) is 23.0 Å². The number of aromatic nitrogens is 4. The van der Waals surface area contributed by atoms with Gasteiger partial charge in [0.2, 0.25) is 5.95 Å². The van der Waals surface area contributed by atoms with Gasteiger partial charge in [-0.25, -0.2) is 17.8 Å². The lowest BCUT2D eigenvalue weighted by molar-refractivity contribution is 0.601. The fourth-order valence-electron chi connectivity index (χ4n) is 3.52. The summed E-state index contributed by atoms with van der Waals surface area (Å²) >= 11 is 0. The van der Waals surface area contributed by atoms with Crippen LogP contribution in [0.3, 0.4) is 0 Å². The van der Waals surface area contributed by atoms with Crippen molar-refractivity contribution in [2.75, 3.05) is 23.9 Å². The molecular weight excluding hydrogens is 431 g/mol. The van der Waals surface area contributed by atoms with E-state index in [1.807, 2.05) is 19.1 Å². The Bertz CT molecular complexity index is 1400. The minimum absolute atomic E-state index is 0.0451.